The van der Waals surface area contributed by atoms with E-state index in [2.05, 4.69) is 49.4 Å². The Kier molecular flexibility index (Phi) is 5.95. The molecule has 0 spiro atoms. The minimum Gasteiger partial charge on any atom is -0.328 e. The van der Waals surface area contributed by atoms with Crippen LogP contribution in [0.15, 0.2) is 54.6 Å². The molecule has 1 atom stereocenters. The lowest BCUT2D eigenvalue weighted by molar-refractivity contribution is -0.677. The quantitative estimate of drug-likeness (QED) is 0.880. The monoisotopic (exact) mass is 336 g/mol. The molecule has 0 aromatic heterocycles. The Hall–Kier alpha value is -2.64. The van der Waals surface area contributed by atoms with Gasteiger partial charge in [-0.3, -0.25) is 4.79 Å². The van der Waals surface area contributed by atoms with E-state index in [-0.39, 0.29) is 18.5 Å². The zero-order valence-electron chi connectivity index (χ0n) is 15.4. The highest BCUT2D eigenvalue weighted by molar-refractivity contribution is 5.78. The Labute approximate surface area is 150 Å². The molecule has 2 aromatic rings. The highest BCUT2D eigenvalue weighted by Crippen LogP contribution is 2.18. The minimum atomic E-state index is -0.809. The van der Waals surface area contributed by atoms with Crippen LogP contribution in [0.2, 0.25) is 0 Å². The second-order valence-electron chi connectivity index (χ2n) is 6.86. The number of nitrogens with two attached hydrogens (primary N) is 1. The van der Waals surface area contributed by atoms with E-state index in [1.807, 2.05) is 23.5 Å². The third kappa shape index (κ3) is 4.68. The van der Waals surface area contributed by atoms with E-state index in [0.29, 0.717) is 0 Å². The van der Waals surface area contributed by atoms with Crippen molar-refractivity contribution in [2.24, 2.45) is 0 Å². The molecule has 0 heterocycles. The molecule has 2 aromatic carbocycles. The van der Waals surface area contributed by atoms with E-state index in [4.69, 9.17) is 0 Å². The number of hydrogen-bond donors (Lipinski definition) is 1. The van der Waals surface area contributed by atoms with Crippen molar-refractivity contribution in [3.05, 3.63) is 71.3 Å². The normalized spacial score (nSPS) is 12.3. The van der Waals surface area contributed by atoms with E-state index in [0.717, 1.165) is 11.1 Å². The van der Waals surface area contributed by atoms with Crippen LogP contribution >= 0.6 is 0 Å². The Bertz CT molecular complexity index is 745. The van der Waals surface area contributed by atoms with Crippen molar-refractivity contribution in [3.8, 4) is 6.07 Å². The summed E-state index contributed by atoms with van der Waals surface area (Å²) in [5, 5.41) is 11.3. The number of benzene rings is 2. The topological polar surface area (TPSA) is 60.7 Å². The molecule has 0 radical (unpaired) electrons. The fourth-order valence-corrected chi connectivity index (χ4v) is 2.64. The predicted molar refractivity (Wildman–Crippen MR) is 98.7 cm³/mol. The first kappa shape index (κ1) is 18.7. The third-order valence-corrected chi connectivity index (χ3v) is 4.61. The molecule has 0 aliphatic heterocycles. The average molecular weight is 336 g/mol. The Morgan fingerprint density at radius 3 is 2.24 bits per heavy atom. The van der Waals surface area contributed by atoms with Crippen molar-refractivity contribution in [2.45, 2.75) is 32.4 Å². The van der Waals surface area contributed by atoms with Gasteiger partial charge in [-0.25, -0.2) is 0 Å². The van der Waals surface area contributed by atoms with Gasteiger partial charge in [0.2, 0.25) is 0 Å². The molecule has 1 amide bonds. The maximum absolute atomic E-state index is 12.5. The Morgan fingerprint density at radius 1 is 1.12 bits per heavy atom. The number of carbonyl (C=O) groups is 1. The number of rotatable bonds is 6. The van der Waals surface area contributed by atoms with Crippen molar-refractivity contribution in [1.82, 2.24) is 4.90 Å². The first-order chi connectivity index (χ1) is 11.8. The summed E-state index contributed by atoms with van der Waals surface area (Å²) in [5.41, 5.74) is 2.71. The van der Waals surface area contributed by atoms with Crippen LogP contribution in [-0.4, -0.2) is 29.9 Å². The maximum atomic E-state index is 12.5. The van der Waals surface area contributed by atoms with Crippen molar-refractivity contribution in [3.63, 3.8) is 0 Å². The molecule has 2 N–H and O–H groups in total. The zero-order chi connectivity index (χ0) is 18.4. The number of amides is 1. The van der Waals surface area contributed by atoms with Crippen molar-refractivity contribution < 1.29 is 10.1 Å². The summed E-state index contributed by atoms with van der Waals surface area (Å²) < 4.78 is 0. The van der Waals surface area contributed by atoms with Crippen molar-refractivity contribution in [2.75, 3.05) is 13.6 Å². The Morgan fingerprint density at radius 2 is 1.68 bits per heavy atom. The van der Waals surface area contributed by atoms with Gasteiger partial charge in [0.25, 0.3) is 5.91 Å². The molecular weight excluding hydrogens is 310 g/mol. The summed E-state index contributed by atoms with van der Waals surface area (Å²) in [5.74, 6) is -0.0559. The number of nitriles is 1. The van der Waals surface area contributed by atoms with E-state index < -0.39 is 5.54 Å². The van der Waals surface area contributed by atoms with Crippen molar-refractivity contribution in [1.29, 1.82) is 5.26 Å². The lowest BCUT2D eigenvalue weighted by Crippen LogP contribution is -2.88. The van der Waals surface area contributed by atoms with Crippen LogP contribution in [0.3, 0.4) is 0 Å². The second kappa shape index (κ2) is 7.96. The van der Waals surface area contributed by atoms with E-state index in [1.165, 1.54) is 10.5 Å². The van der Waals surface area contributed by atoms with Gasteiger partial charge in [-0.05, 0) is 20.8 Å². The molecule has 0 saturated carbocycles. The molecular formula is C21H26N3O+. The first-order valence-electron chi connectivity index (χ1n) is 8.48. The minimum absolute atomic E-state index is 0.0457. The highest BCUT2D eigenvalue weighted by atomic mass is 16.2. The first-order valence-corrected chi connectivity index (χ1v) is 8.48. The van der Waals surface area contributed by atoms with Gasteiger partial charge in [-0.2, -0.15) is 5.26 Å². The van der Waals surface area contributed by atoms with Crippen LogP contribution in [0.25, 0.3) is 0 Å². The SMILES string of the molecule is Cc1ccc([C@H]([NH2+]CC(=O)N(C)C(C)(C)C#N)c2ccccc2)cc1. The van der Waals surface area contributed by atoms with Crippen LogP contribution in [0.5, 0.6) is 0 Å². The summed E-state index contributed by atoms with van der Waals surface area (Å²) in [7, 11) is 1.68. The van der Waals surface area contributed by atoms with Crippen LogP contribution in [0, 0.1) is 18.3 Å². The maximum Gasteiger partial charge on any atom is 0.278 e. The van der Waals surface area contributed by atoms with Gasteiger partial charge in [0.05, 0.1) is 6.07 Å². The van der Waals surface area contributed by atoms with Crippen LogP contribution in [-0.2, 0) is 4.79 Å². The smallest absolute Gasteiger partial charge is 0.278 e. The number of aryl methyl sites for hydroxylation is 1. The Balaban J connectivity index is 2.19. The summed E-state index contributed by atoms with van der Waals surface area (Å²) in [6.45, 7) is 5.85. The van der Waals surface area contributed by atoms with Crippen LogP contribution in [0.1, 0.15) is 36.6 Å². The predicted octanol–water partition coefficient (Wildman–Crippen LogP) is 2.41. The molecule has 4 nitrogen and oxygen atoms in total. The molecule has 4 heteroatoms. The lowest BCUT2D eigenvalue weighted by atomic mass is 9.97. The van der Waals surface area contributed by atoms with Crippen LogP contribution < -0.4 is 5.32 Å². The lowest BCUT2D eigenvalue weighted by Gasteiger charge is -2.29. The highest BCUT2D eigenvalue weighted by Gasteiger charge is 2.29. The molecule has 0 fully saturated rings. The molecule has 0 aliphatic carbocycles. The van der Waals surface area contributed by atoms with Gasteiger partial charge in [0, 0.05) is 18.2 Å². The molecule has 25 heavy (non-hydrogen) atoms. The van der Waals surface area contributed by atoms with E-state index >= 15 is 0 Å². The molecule has 0 unspecified atom stereocenters. The summed E-state index contributed by atoms with van der Waals surface area (Å²) in [6.07, 6.45) is 0. The van der Waals surface area contributed by atoms with Gasteiger partial charge in [0.15, 0.2) is 6.54 Å². The van der Waals surface area contributed by atoms with Gasteiger partial charge in [-0.15, -0.1) is 0 Å². The second-order valence-corrected chi connectivity index (χ2v) is 6.86. The van der Waals surface area contributed by atoms with Gasteiger partial charge < -0.3 is 10.2 Å². The third-order valence-electron chi connectivity index (χ3n) is 4.61. The zero-order valence-corrected chi connectivity index (χ0v) is 15.4. The average Bonchev–Trinajstić information content (AvgIpc) is 2.63. The molecule has 0 aliphatic rings. The molecule has 2 rings (SSSR count). The summed E-state index contributed by atoms with van der Waals surface area (Å²) in [4.78, 5) is 14.0. The van der Waals surface area contributed by atoms with Gasteiger partial charge in [-0.1, -0.05) is 60.2 Å². The number of likely N-dealkylation sites (N-methyl/N-ethyl adjacent to an activating group) is 1. The summed E-state index contributed by atoms with van der Waals surface area (Å²) in [6, 6.07) is 20.8. The fraction of sp³-hybridized carbons (Fsp3) is 0.333. The standard InChI is InChI=1S/C21H25N3O/c1-16-10-12-18(13-11-16)20(17-8-6-5-7-9-17)23-14-19(25)24(4)21(2,3)15-22/h5-13,20,23H,14H2,1-4H3/p+1/t20-/m1/s1. The summed E-state index contributed by atoms with van der Waals surface area (Å²) >= 11 is 0. The number of carbonyl (C=O) groups excluding carboxylic acids is 1. The molecule has 130 valence electrons. The molecule has 0 bridgehead atoms. The largest absolute Gasteiger partial charge is 0.328 e. The van der Waals surface area contributed by atoms with Gasteiger partial charge in [0.1, 0.15) is 11.6 Å². The van der Waals surface area contributed by atoms with E-state index in [9.17, 15) is 10.1 Å². The number of nitrogens with zero attached hydrogens (tertiary/aromatic N) is 2. The molecule has 0 saturated heterocycles. The van der Waals surface area contributed by atoms with Crippen LogP contribution in [0.4, 0.5) is 0 Å². The van der Waals surface area contributed by atoms with Gasteiger partial charge >= 0.3 is 0 Å². The van der Waals surface area contributed by atoms with Crippen molar-refractivity contribution >= 4 is 5.91 Å². The van der Waals surface area contributed by atoms with E-state index in [1.54, 1.807) is 20.9 Å². The number of quaternary nitrogens is 1. The number of hydrogen-bond acceptors (Lipinski definition) is 2. The fourth-order valence-electron chi connectivity index (χ4n) is 2.64.